The number of benzene rings is 1. The largest absolute Gasteiger partial charge is 0.372 e. The molecule has 7 nitrogen and oxygen atoms in total. The fourth-order valence-electron chi connectivity index (χ4n) is 5.80. The predicted molar refractivity (Wildman–Crippen MR) is 125 cm³/mol. The summed E-state index contributed by atoms with van der Waals surface area (Å²) in [5.74, 6) is -1.10. The zero-order chi connectivity index (χ0) is 24.7. The fourth-order valence-corrected chi connectivity index (χ4v) is 5.80. The minimum absolute atomic E-state index is 0.0248. The van der Waals surface area contributed by atoms with Gasteiger partial charge in [0.2, 0.25) is 5.91 Å². The summed E-state index contributed by atoms with van der Waals surface area (Å²) in [5.41, 5.74) is 2.80. The van der Waals surface area contributed by atoms with Crippen LogP contribution >= 0.6 is 0 Å². The summed E-state index contributed by atoms with van der Waals surface area (Å²) in [4.78, 5) is 30.0. The Hall–Kier alpha value is -2.81. The summed E-state index contributed by atoms with van der Waals surface area (Å²) in [6, 6.07) is 3.55. The molecular weight excluding hydrogens is 454 g/mol. The van der Waals surface area contributed by atoms with Gasteiger partial charge in [0, 0.05) is 37.4 Å². The van der Waals surface area contributed by atoms with Crippen molar-refractivity contribution in [2.75, 3.05) is 26.2 Å². The van der Waals surface area contributed by atoms with Crippen molar-refractivity contribution >= 4 is 11.8 Å². The molecule has 5 rings (SSSR count). The molecule has 1 aliphatic carbocycles. The molecule has 3 heterocycles. The average molecular weight is 487 g/mol. The Morgan fingerprint density at radius 2 is 1.77 bits per heavy atom. The first kappa shape index (κ1) is 23.9. The quantitative estimate of drug-likeness (QED) is 0.665. The monoisotopic (exact) mass is 486 g/mol. The highest BCUT2D eigenvalue weighted by atomic mass is 19.1. The zero-order valence-corrected chi connectivity index (χ0v) is 20.3. The number of ether oxygens (including phenoxy) is 1. The highest BCUT2D eigenvalue weighted by molar-refractivity contribution is 5.94. The highest BCUT2D eigenvalue weighted by Crippen LogP contribution is 2.31. The van der Waals surface area contributed by atoms with Crippen LogP contribution in [0.4, 0.5) is 8.78 Å². The first-order chi connectivity index (χ1) is 16.8. The van der Waals surface area contributed by atoms with Crippen molar-refractivity contribution in [3.05, 3.63) is 52.3 Å². The van der Waals surface area contributed by atoms with Crippen molar-refractivity contribution in [1.82, 2.24) is 19.6 Å². The van der Waals surface area contributed by atoms with E-state index in [1.807, 2.05) is 18.7 Å². The molecule has 2 aliphatic heterocycles. The van der Waals surface area contributed by atoms with Gasteiger partial charge in [0.1, 0.15) is 18.2 Å². The third kappa shape index (κ3) is 4.83. The van der Waals surface area contributed by atoms with Crippen LogP contribution in [0.2, 0.25) is 0 Å². The molecule has 35 heavy (non-hydrogen) atoms. The maximum atomic E-state index is 14.2. The van der Waals surface area contributed by atoms with Gasteiger partial charge in [0.05, 0.1) is 12.2 Å². The van der Waals surface area contributed by atoms with Crippen LogP contribution in [0.1, 0.15) is 66.3 Å². The molecule has 2 atom stereocenters. The summed E-state index contributed by atoms with van der Waals surface area (Å²) >= 11 is 0. The van der Waals surface area contributed by atoms with Gasteiger partial charge in [-0.25, -0.2) is 8.78 Å². The van der Waals surface area contributed by atoms with Crippen molar-refractivity contribution in [2.24, 2.45) is 0 Å². The Morgan fingerprint density at radius 3 is 2.49 bits per heavy atom. The second-order valence-corrected chi connectivity index (χ2v) is 10.1. The second kappa shape index (κ2) is 9.68. The summed E-state index contributed by atoms with van der Waals surface area (Å²) in [5, 5.41) is 4.62. The van der Waals surface area contributed by atoms with E-state index in [0.29, 0.717) is 50.3 Å². The van der Waals surface area contributed by atoms with E-state index in [4.69, 9.17) is 4.74 Å². The number of morpholine rings is 1. The van der Waals surface area contributed by atoms with Gasteiger partial charge in [0.25, 0.3) is 5.91 Å². The topological polar surface area (TPSA) is 67.7 Å². The van der Waals surface area contributed by atoms with E-state index in [2.05, 4.69) is 5.10 Å². The number of piperidine rings is 1. The zero-order valence-electron chi connectivity index (χ0n) is 20.3. The maximum Gasteiger partial charge on any atom is 0.274 e. The number of hydrogen-bond acceptors (Lipinski definition) is 4. The number of halogens is 2. The van der Waals surface area contributed by atoms with Crippen LogP contribution in [0.3, 0.4) is 0 Å². The number of likely N-dealkylation sites (tertiary alicyclic amines) is 1. The van der Waals surface area contributed by atoms with Gasteiger partial charge in [-0.1, -0.05) is 0 Å². The molecule has 0 spiro atoms. The molecule has 2 fully saturated rings. The average Bonchev–Trinajstić information content (AvgIpc) is 3.43. The normalized spacial score (nSPS) is 23.0. The molecule has 0 radical (unpaired) electrons. The van der Waals surface area contributed by atoms with Gasteiger partial charge in [-0.3, -0.25) is 14.3 Å². The fraction of sp³-hybridized carbons (Fsp3) is 0.577. The first-order valence-electron chi connectivity index (χ1n) is 12.6. The van der Waals surface area contributed by atoms with Crippen LogP contribution in [0.25, 0.3) is 0 Å². The lowest BCUT2D eigenvalue weighted by Gasteiger charge is -2.35. The molecular formula is C26H32F2N4O3. The standard InChI is InChI=1S/C26H32F2N4O3/c1-16-13-31(14-17(2)35-16)26(34)25-20-4-3-5-23(20)32(29-25)15-24(33)30-10-8-18(9-11-30)21-12-19(27)6-7-22(21)28/h6-7,12,16-18H,3-5,8-11,13-15H2,1-2H3/t16-,17+. The number of rotatable bonds is 4. The molecule has 0 bridgehead atoms. The molecule has 0 saturated carbocycles. The lowest BCUT2D eigenvalue weighted by Crippen LogP contribution is -2.48. The van der Waals surface area contributed by atoms with E-state index in [-0.39, 0.29) is 36.5 Å². The van der Waals surface area contributed by atoms with Crippen LogP contribution in [-0.4, -0.2) is 69.8 Å². The number of fused-ring (bicyclic) bond motifs is 1. The molecule has 0 N–H and O–H groups in total. The summed E-state index contributed by atoms with van der Waals surface area (Å²) < 4.78 is 35.2. The van der Waals surface area contributed by atoms with Gasteiger partial charge in [-0.15, -0.1) is 0 Å². The van der Waals surface area contributed by atoms with Crippen molar-refractivity contribution in [3.8, 4) is 0 Å². The molecule has 1 aromatic heterocycles. The molecule has 3 aliphatic rings. The van der Waals surface area contributed by atoms with Crippen molar-refractivity contribution in [3.63, 3.8) is 0 Å². The molecule has 0 unspecified atom stereocenters. The molecule has 2 saturated heterocycles. The summed E-state index contributed by atoms with van der Waals surface area (Å²) in [7, 11) is 0. The van der Waals surface area contributed by atoms with E-state index in [1.54, 1.807) is 9.58 Å². The van der Waals surface area contributed by atoms with Crippen LogP contribution in [0.5, 0.6) is 0 Å². The van der Waals surface area contributed by atoms with E-state index in [9.17, 15) is 18.4 Å². The minimum Gasteiger partial charge on any atom is -0.372 e. The maximum absolute atomic E-state index is 14.2. The van der Waals surface area contributed by atoms with E-state index in [1.165, 1.54) is 6.07 Å². The number of carbonyl (C=O) groups excluding carboxylic acids is 2. The van der Waals surface area contributed by atoms with Crippen LogP contribution < -0.4 is 0 Å². The Morgan fingerprint density at radius 1 is 1.06 bits per heavy atom. The second-order valence-electron chi connectivity index (χ2n) is 10.1. The van der Waals surface area contributed by atoms with E-state index in [0.717, 1.165) is 42.7 Å². The Balaban J connectivity index is 1.26. The first-order valence-corrected chi connectivity index (χ1v) is 12.6. The number of carbonyl (C=O) groups is 2. The Bertz CT molecular complexity index is 1120. The number of hydrogen-bond donors (Lipinski definition) is 0. The minimum atomic E-state index is -0.446. The van der Waals surface area contributed by atoms with Gasteiger partial charge >= 0.3 is 0 Å². The van der Waals surface area contributed by atoms with Crippen molar-refractivity contribution in [1.29, 1.82) is 0 Å². The molecule has 188 valence electrons. The molecule has 2 amide bonds. The number of aromatic nitrogens is 2. The van der Waals surface area contributed by atoms with Gasteiger partial charge in [-0.2, -0.15) is 5.10 Å². The third-order valence-corrected chi connectivity index (χ3v) is 7.45. The summed E-state index contributed by atoms with van der Waals surface area (Å²) in [6.45, 7) is 6.04. The molecule has 1 aromatic carbocycles. The van der Waals surface area contributed by atoms with Gasteiger partial charge < -0.3 is 14.5 Å². The van der Waals surface area contributed by atoms with E-state index < -0.39 is 11.6 Å². The van der Waals surface area contributed by atoms with Crippen molar-refractivity contribution in [2.45, 2.75) is 70.6 Å². The van der Waals surface area contributed by atoms with Gasteiger partial charge in [-0.05, 0) is 75.6 Å². The van der Waals surface area contributed by atoms with Gasteiger partial charge in [0.15, 0.2) is 5.69 Å². The number of nitrogens with zero attached hydrogens (tertiary/aromatic N) is 4. The highest BCUT2D eigenvalue weighted by Gasteiger charge is 2.34. The summed E-state index contributed by atoms with van der Waals surface area (Å²) in [6.07, 6.45) is 3.67. The van der Waals surface area contributed by atoms with Crippen molar-refractivity contribution < 1.29 is 23.1 Å². The van der Waals surface area contributed by atoms with Crippen LogP contribution in [0.15, 0.2) is 18.2 Å². The Kier molecular flexibility index (Phi) is 6.61. The van der Waals surface area contributed by atoms with Crippen LogP contribution in [-0.2, 0) is 28.9 Å². The lowest BCUT2D eigenvalue weighted by molar-refractivity contribution is -0.133. The smallest absolute Gasteiger partial charge is 0.274 e. The SMILES string of the molecule is C[C@@H]1CN(C(=O)c2nn(CC(=O)N3CCC(c4cc(F)ccc4F)CC3)c3c2CCC3)C[C@H](C)O1. The third-order valence-electron chi connectivity index (χ3n) is 7.45. The lowest BCUT2D eigenvalue weighted by atomic mass is 9.89. The molecule has 9 heteroatoms. The molecule has 2 aromatic rings. The predicted octanol–water partition coefficient (Wildman–Crippen LogP) is 3.31. The van der Waals surface area contributed by atoms with E-state index >= 15 is 0 Å². The van der Waals surface area contributed by atoms with Crippen LogP contribution in [0, 0.1) is 11.6 Å². The Labute approximate surface area is 204 Å². The number of amides is 2.